The van der Waals surface area contributed by atoms with Gasteiger partial charge in [0.05, 0.1) is 18.9 Å². The van der Waals surface area contributed by atoms with Crippen LogP contribution in [0, 0.1) is 0 Å². The molecule has 0 aliphatic heterocycles. The van der Waals surface area contributed by atoms with Crippen LogP contribution in [0.4, 0.5) is 5.69 Å². The summed E-state index contributed by atoms with van der Waals surface area (Å²) in [5, 5.41) is 12.4. The molecule has 2 rings (SSSR count). The third kappa shape index (κ3) is 3.38. The molecule has 1 aliphatic rings. The number of hydrogen-bond donors (Lipinski definition) is 3. The summed E-state index contributed by atoms with van der Waals surface area (Å²) in [6.07, 6.45) is 2.91. The van der Waals surface area contributed by atoms with E-state index in [9.17, 15) is 9.90 Å². The van der Waals surface area contributed by atoms with E-state index < -0.39 is 0 Å². The molecule has 1 aromatic rings. The zero-order valence-corrected chi connectivity index (χ0v) is 11.1. The van der Waals surface area contributed by atoms with Gasteiger partial charge in [0.2, 0.25) is 0 Å². The molecule has 0 radical (unpaired) electrons. The molecule has 5 nitrogen and oxygen atoms in total. The van der Waals surface area contributed by atoms with Crippen molar-refractivity contribution in [2.24, 2.45) is 0 Å². The molecule has 0 atom stereocenters. The Morgan fingerprint density at radius 3 is 2.68 bits per heavy atom. The summed E-state index contributed by atoms with van der Waals surface area (Å²) >= 11 is 0. The molecule has 104 valence electrons. The van der Waals surface area contributed by atoms with E-state index in [0.29, 0.717) is 17.0 Å². The van der Waals surface area contributed by atoms with E-state index in [0.717, 1.165) is 25.7 Å². The Bertz CT molecular complexity index is 454. The quantitative estimate of drug-likeness (QED) is 0.719. The lowest BCUT2D eigenvalue weighted by Crippen LogP contribution is -2.38. The van der Waals surface area contributed by atoms with Crippen molar-refractivity contribution in [1.29, 1.82) is 0 Å². The minimum Gasteiger partial charge on any atom is -0.495 e. The topological polar surface area (TPSA) is 84.6 Å². The molecule has 0 aromatic heterocycles. The lowest BCUT2D eigenvalue weighted by molar-refractivity contribution is 0.0867. The first-order valence-corrected chi connectivity index (χ1v) is 6.52. The summed E-state index contributed by atoms with van der Waals surface area (Å²) in [5.74, 6) is 0.381. The first-order chi connectivity index (χ1) is 9.10. The Morgan fingerprint density at radius 1 is 1.37 bits per heavy atom. The monoisotopic (exact) mass is 264 g/mol. The van der Waals surface area contributed by atoms with Crippen LogP contribution in [-0.4, -0.2) is 30.3 Å². The van der Waals surface area contributed by atoms with Crippen LogP contribution in [-0.2, 0) is 0 Å². The molecule has 1 amide bonds. The molecule has 0 saturated heterocycles. The second kappa shape index (κ2) is 5.93. The minimum atomic E-state index is -0.218. The maximum absolute atomic E-state index is 12.1. The zero-order valence-electron chi connectivity index (χ0n) is 11.1. The SMILES string of the molecule is COc1cc(C(=O)N[C@H]2CC[C@H](O)CC2)ccc1N. The molecule has 1 saturated carbocycles. The van der Waals surface area contributed by atoms with Gasteiger partial charge in [0.1, 0.15) is 5.75 Å². The van der Waals surface area contributed by atoms with Crippen molar-refractivity contribution in [1.82, 2.24) is 5.32 Å². The third-order valence-electron chi connectivity index (χ3n) is 3.53. The van der Waals surface area contributed by atoms with Gasteiger partial charge in [-0.3, -0.25) is 4.79 Å². The fourth-order valence-corrected chi connectivity index (χ4v) is 2.34. The van der Waals surface area contributed by atoms with Crippen molar-refractivity contribution < 1.29 is 14.6 Å². The highest BCUT2D eigenvalue weighted by molar-refractivity contribution is 5.95. The highest BCUT2D eigenvalue weighted by Crippen LogP contribution is 2.23. The average Bonchev–Trinajstić information content (AvgIpc) is 2.42. The number of nitrogens with two attached hydrogens (primary N) is 1. The van der Waals surface area contributed by atoms with Gasteiger partial charge in [-0.25, -0.2) is 0 Å². The number of carbonyl (C=O) groups is 1. The molecule has 19 heavy (non-hydrogen) atoms. The number of hydrogen-bond acceptors (Lipinski definition) is 4. The van der Waals surface area contributed by atoms with Gasteiger partial charge in [-0.2, -0.15) is 0 Å². The summed E-state index contributed by atoms with van der Waals surface area (Å²) in [7, 11) is 1.52. The number of anilines is 1. The number of ether oxygens (including phenoxy) is 1. The van der Waals surface area contributed by atoms with Gasteiger partial charge in [-0.1, -0.05) is 0 Å². The summed E-state index contributed by atoms with van der Waals surface area (Å²) in [4.78, 5) is 12.1. The molecule has 1 fully saturated rings. The summed E-state index contributed by atoms with van der Waals surface area (Å²) < 4.78 is 5.10. The molecule has 0 bridgehead atoms. The van der Waals surface area contributed by atoms with Gasteiger partial charge < -0.3 is 20.9 Å². The Balaban J connectivity index is 2.00. The number of aliphatic hydroxyl groups excluding tert-OH is 1. The largest absolute Gasteiger partial charge is 0.495 e. The predicted octanol–water partition coefficient (Wildman–Crippen LogP) is 1.31. The molecule has 1 aromatic carbocycles. The van der Waals surface area contributed by atoms with Crippen LogP contribution in [0.15, 0.2) is 18.2 Å². The van der Waals surface area contributed by atoms with Gasteiger partial charge in [0.15, 0.2) is 0 Å². The van der Waals surface area contributed by atoms with Gasteiger partial charge >= 0.3 is 0 Å². The molecule has 0 unspecified atom stereocenters. The summed E-state index contributed by atoms with van der Waals surface area (Å²) in [5.41, 5.74) is 6.77. The maximum Gasteiger partial charge on any atom is 0.251 e. The molecule has 4 N–H and O–H groups in total. The molecular formula is C14H20N2O3. The molecular weight excluding hydrogens is 244 g/mol. The van der Waals surface area contributed by atoms with Crippen molar-refractivity contribution in [3.8, 4) is 5.75 Å². The lowest BCUT2D eigenvalue weighted by atomic mass is 9.93. The number of nitrogen functional groups attached to an aromatic ring is 1. The van der Waals surface area contributed by atoms with Gasteiger partial charge in [-0.15, -0.1) is 0 Å². The van der Waals surface area contributed by atoms with Crippen molar-refractivity contribution >= 4 is 11.6 Å². The highest BCUT2D eigenvalue weighted by atomic mass is 16.5. The number of rotatable bonds is 3. The van der Waals surface area contributed by atoms with E-state index in [1.54, 1.807) is 18.2 Å². The zero-order chi connectivity index (χ0) is 13.8. The van der Waals surface area contributed by atoms with Crippen LogP contribution in [0.1, 0.15) is 36.0 Å². The Kier molecular flexibility index (Phi) is 4.27. The maximum atomic E-state index is 12.1. The van der Waals surface area contributed by atoms with Crippen LogP contribution in [0.25, 0.3) is 0 Å². The van der Waals surface area contributed by atoms with Crippen molar-refractivity contribution in [3.63, 3.8) is 0 Å². The van der Waals surface area contributed by atoms with Gasteiger partial charge in [0, 0.05) is 11.6 Å². The Morgan fingerprint density at radius 2 is 2.05 bits per heavy atom. The van der Waals surface area contributed by atoms with E-state index in [1.165, 1.54) is 7.11 Å². The van der Waals surface area contributed by atoms with E-state index in [4.69, 9.17) is 10.5 Å². The molecule has 1 aliphatic carbocycles. The molecule has 0 heterocycles. The molecule has 5 heteroatoms. The van der Waals surface area contributed by atoms with Crippen LogP contribution in [0.3, 0.4) is 0 Å². The smallest absolute Gasteiger partial charge is 0.251 e. The number of methoxy groups -OCH3 is 1. The number of amides is 1. The summed E-state index contributed by atoms with van der Waals surface area (Å²) in [6, 6.07) is 5.13. The first kappa shape index (κ1) is 13.7. The Labute approximate surface area is 112 Å². The highest BCUT2D eigenvalue weighted by Gasteiger charge is 2.21. The average molecular weight is 264 g/mol. The number of carbonyl (C=O) groups excluding carboxylic acids is 1. The summed E-state index contributed by atoms with van der Waals surface area (Å²) in [6.45, 7) is 0. The van der Waals surface area contributed by atoms with E-state index in [1.807, 2.05) is 0 Å². The number of nitrogens with one attached hydrogen (secondary N) is 1. The fraction of sp³-hybridized carbons (Fsp3) is 0.500. The van der Waals surface area contributed by atoms with Crippen LogP contribution in [0.2, 0.25) is 0 Å². The number of aliphatic hydroxyl groups is 1. The van der Waals surface area contributed by atoms with Crippen molar-refractivity contribution in [3.05, 3.63) is 23.8 Å². The second-order valence-corrected chi connectivity index (χ2v) is 4.94. The second-order valence-electron chi connectivity index (χ2n) is 4.94. The lowest BCUT2D eigenvalue weighted by Gasteiger charge is -2.26. The predicted molar refractivity (Wildman–Crippen MR) is 73.1 cm³/mol. The Hall–Kier alpha value is -1.75. The van der Waals surface area contributed by atoms with Crippen LogP contribution < -0.4 is 15.8 Å². The van der Waals surface area contributed by atoms with Crippen molar-refractivity contribution in [2.45, 2.75) is 37.8 Å². The van der Waals surface area contributed by atoms with E-state index in [2.05, 4.69) is 5.32 Å². The standard InChI is InChI=1S/C14H20N2O3/c1-19-13-8-9(2-7-12(13)15)14(18)16-10-3-5-11(17)6-4-10/h2,7-8,10-11,17H,3-6,15H2,1H3,(H,16,18)/t10-,11-. The normalized spacial score (nSPS) is 22.8. The van der Waals surface area contributed by atoms with E-state index in [-0.39, 0.29) is 18.1 Å². The molecule has 0 spiro atoms. The fourth-order valence-electron chi connectivity index (χ4n) is 2.34. The van der Waals surface area contributed by atoms with Crippen LogP contribution in [0.5, 0.6) is 5.75 Å². The number of benzene rings is 1. The van der Waals surface area contributed by atoms with Crippen LogP contribution >= 0.6 is 0 Å². The van der Waals surface area contributed by atoms with E-state index >= 15 is 0 Å². The van der Waals surface area contributed by atoms with Crippen molar-refractivity contribution in [2.75, 3.05) is 12.8 Å². The van der Waals surface area contributed by atoms with Gasteiger partial charge in [0.25, 0.3) is 5.91 Å². The first-order valence-electron chi connectivity index (χ1n) is 6.52. The third-order valence-corrected chi connectivity index (χ3v) is 3.53. The van der Waals surface area contributed by atoms with Gasteiger partial charge in [-0.05, 0) is 43.9 Å². The minimum absolute atomic E-state index is 0.125.